The molecule has 3 rings (SSSR count). The molecule has 0 amide bonds. The van der Waals surface area contributed by atoms with Crippen molar-refractivity contribution in [2.45, 2.75) is 6.92 Å². The maximum absolute atomic E-state index is 5.54. The van der Waals surface area contributed by atoms with Gasteiger partial charge in [-0.1, -0.05) is 47.7 Å². The van der Waals surface area contributed by atoms with Gasteiger partial charge in [0.15, 0.2) is 10.3 Å². The Labute approximate surface area is 140 Å². The van der Waals surface area contributed by atoms with Crippen LogP contribution in [0.4, 0.5) is 11.4 Å². The molecule has 0 saturated carbocycles. The first-order valence-electron chi connectivity index (χ1n) is 7.14. The SMILES string of the molecule is Cc1ccc(NC(=S)N2CCSC2=Nc2ccccc2)cc1. The second-order valence-corrected chi connectivity index (χ2v) is 6.47. The molecule has 0 aliphatic carbocycles. The van der Waals surface area contributed by atoms with Crippen LogP contribution in [0.2, 0.25) is 0 Å². The molecule has 0 unspecified atom stereocenters. The number of amidine groups is 1. The zero-order chi connectivity index (χ0) is 15.4. The van der Waals surface area contributed by atoms with Crippen molar-refractivity contribution in [2.24, 2.45) is 4.99 Å². The third-order valence-corrected chi connectivity index (χ3v) is 4.58. The average Bonchev–Trinajstić information content (AvgIpc) is 2.99. The van der Waals surface area contributed by atoms with E-state index in [2.05, 4.69) is 29.3 Å². The fraction of sp³-hybridized carbons (Fsp3) is 0.176. The van der Waals surface area contributed by atoms with Gasteiger partial charge in [0.1, 0.15) is 0 Å². The van der Waals surface area contributed by atoms with Gasteiger partial charge in [-0.25, -0.2) is 4.99 Å². The summed E-state index contributed by atoms with van der Waals surface area (Å²) in [7, 11) is 0. The maximum atomic E-state index is 5.54. The topological polar surface area (TPSA) is 27.6 Å². The minimum Gasteiger partial charge on any atom is -0.332 e. The molecule has 1 N–H and O–H groups in total. The van der Waals surface area contributed by atoms with Crippen molar-refractivity contribution in [1.29, 1.82) is 0 Å². The van der Waals surface area contributed by atoms with Crippen LogP contribution in [-0.2, 0) is 0 Å². The molecule has 0 spiro atoms. The van der Waals surface area contributed by atoms with E-state index in [1.165, 1.54) is 5.56 Å². The standard InChI is InChI=1S/C17H17N3S2/c1-13-7-9-15(10-8-13)18-16(21)20-11-12-22-17(20)19-14-5-3-2-4-6-14/h2-10H,11-12H2,1H3,(H,18,21). The van der Waals surface area contributed by atoms with Gasteiger partial charge in [-0.2, -0.15) is 0 Å². The summed E-state index contributed by atoms with van der Waals surface area (Å²) in [5, 5.41) is 4.94. The highest BCUT2D eigenvalue weighted by Crippen LogP contribution is 2.23. The van der Waals surface area contributed by atoms with Crippen molar-refractivity contribution in [3.63, 3.8) is 0 Å². The van der Waals surface area contributed by atoms with E-state index in [1.807, 2.05) is 42.5 Å². The Balaban J connectivity index is 1.74. The number of rotatable bonds is 2. The van der Waals surface area contributed by atoms with Crippen LogP contribution in [0.5, 0.6) is 0 Å². The molecule has 2 aromatic rings. The summed E-state index contributed by atoms with van der Waals surface area (Å²) in [6, 6.07) is 18.2. The predicted molar refractivity (Wildman–Crippen MR) is 100 cm³/mol. The maximum Gasteiger partial charge on any atom is 0.179 e. The van der Waals surface area contributed by atoms with Crippen LogP contribution in [0.3, 0.4) is 0 Å². The van der Waals surface area contributed by atoms with Gasteiger partial charge in [0.05, 0.1) is 5.69 Å². The Bertz CT molecular complexity index is 681. The number of thioether (sulfide) groups is 1. The smallest absolute Gasteiger partial charge is 0.179 e. The van der Waals surface area contributed by atoms with Crippen molar-refractivity contribution in [2.75, 3.05) is 17.6 Å². The Morgan fingerprint density at radius 3 is 2.59 bits per heavy atom. The van der Waals surface area contributed by atoms with Crippen LogP contribution < -0.4 is 5.32 Å². The first-order valence-corrected chi connectivity index (χ1v) is 8.53. The van der Waals surface area contributed by atoms with Crippen molar-refractivity contribution < 1.29 is 0 Å². The molecule has 1 saturated heterocycles. The summed E-state index contributed by atoms with van der Waals surface area (Å²) in [6.07, 6.45) is 0. The van der Waals surface area contributed by atoms with E-state index >= 15 is 0 Å². The van der Waals surface area contributed by atoms with Gasteiger partial charge in [-0.3, -0.25) is 4.90 Å². The van der Waals surface area contributed by atoms with Gasteiger partial charge in [-0.05, 0) is 43.4 Å². The first kappa shape index (κ1) is 15.1. The summed E-state index contributed by atoms with van der Waals surface area (Å²) in [5.41, 5.74) is 3.20. The van der Waals surface area contributed by atoms with Gasteiger partial charge in [0.2, 0.25) is 0 Å². The molecule has 3 nitrogen and oxygen atoms in total. The van der Waals surface area contributed by atoms with E-state index in [1.54, 1.807) is 11.8 Å². The quantitative estimate of drug-likeness (QED) is 0.826. The third kappa shape index (κ3) is 3.67. The van der Waals surface area contributed by atoms with E-state index in [-0.39, 0.29) is 0 Å². The van der Waals surface area contributed by atoms with Crippen LogP contribution in [0.25, 0.3) is 0 Å². The van der Waals surface area contributed by atoms with Gasteiger partial charge >= 0.3 is 0 Å². The largest absolute Gasteiger partial charge is 0.332 e. The number of hydrogen-bond acceptors (Lipinski definition) is 3. The third-order valence-electron chi connectivity index (χ3n) is 3.31. The highest BCUT2D eigenvalue weighted by Gasteiger charge is 2.23. The summed E-state index contributed by atoms with van der Waals surface area (Å²) in [6.45, 7) is 2.96. The van der Waals surface area contributed by atoms with Gasteiger partial charge < -0.3 is 5.32 Å². The number of aliphatic imine (C=N–C) groups is 1. The van der Waals surface area contributed by atoms with E-state index in [9.17, 15) is 0 Å². The molecular formula is C17H17N3S2. The number of thiocarbonyl (C=S) groups is 1. The van der Waals surface area contributed by atoms with E-state index in [4.69, 9.17) is 17.2 Å². The van der Waals surface area contributed by atoms with Crippen LogP contribution in [-0.4, -0.2) is 27.5 Å². The average molecular weight is 327 g/mol. The fourth-order valence-electron chi connectivity index (χ4n) is 2.12. The zero-order valence-corrected chi connectivity index (χ0v) is 14.0. The van der Waals surface area contributed by atoms with Crippen molar-refractivity contribution in [3.8, 4) is 0 Å². The second kappa shape index (κ2) is 6.94. The number of nitrogens with zero attached hydrogens (tertiary/aromatic N) is 2. The summed E-state index contributed by atoms with van der Waals surface area (Å²) >= 11 is 7.28. The number of aryl methyl sites for hydroxylation is 1. The molecule has 22 heavy (non-hydrogen) atoms. The molecule has 1 aliphatic heterocycles. The Kier molecular flexibility index (Phi) is 4.75. The van der Waals surface area contributed by atoms with Gasteiger partial charge in [-0.15, -0.1) is 0 Å². The van der Waals surface area contributed by atoms with Crippen LogP contribution in [0.15, 0.2) is 59.6 Å². The number of nitrogens with one attached hydrogen (secondary N) is 1. The Morgan fingerprint density at radius 2 is 1.86 bits per heavy atom. The lowest BCUT2D eigenvalue weighted by atomic mass is 10.2. The van der Waals surface area contributed by atoms with Gasteiger partial charge in [0.25, 0.3) is 0 Å². The molecule has 1 heterocycles. The molecule has 5 heteroatoms. The van der Waals surface area contributed by atoms with E-state index in [0.717, 1.165) is 28.8 Å². The molecule has 2 aromatic carbocycles. The van der Waals surface area contributed by atoms with E-state index in [0.29, 0.717) is 5.11 Å². The second-order valence-electron chi connectivity index (χ2n) is 5.03. The number of benzene rings is 2. The van der Waals surface area contributed by atoms with E-state index < -0.39 is 0 Å². The monoisotopic (exact) mass is 327 g/mol. The summed E-state index contributed by atoms with van der Waals surface area (Å²) in [4.78, 5) is 6.76. The molecule has 0 bridgehead atoms. The highest BCUT2D eigenvalue weighted by molar-refractivity contribution is 8.14. The lowest BCUT2D eigenvalue weighted by Gasteiger charge is -2.20. The molecule has 1 fully saturated rings. The predicted octanol–water partition coefficient (Wildman–Crippen LogP) is 4.43. The molecular weight excluding hydrogens is 310 g/mol. The van der Waals surface area contributed by atoms with Crippen molar-refractivity contribution >= 4 is 45.6 Å². The Hall–Kier alpha value is -1.85. The first-order chi connectivity index (χ1) is 10.7. The lowest BCUT2D eigenvalue weighted by molar-refractivity contribution is 0.687. The number of hydrogen-bond donors (Lipinski definition) is 1. The molecule has 1 aliphatic rings. The lowest BCUT2D eigenvalue weighted by Crippen LogP contribution is -2.35. The minimum atomic E-state index is 0.698. The number of para-hydroxylation sites is 1. The number of anilines is 1. The fourth-order valence-corrected chi connectivity index (χ4v) is 3.44. The molecule has 0 atom stereocenters. The van der Waals surface area contributed by atoms with Gasteiger partial charge in [0, 0.05) is 18.0 Å². The van der Waals surface area contributed by atoms with Crippen LogP contribution >= 0.6 is 24.0 Å². The highest BCUT2D eigenvalue weighted by atomic mass is 32.2. The molecule has 112 valence electrons. The normalized spacial score (nSPS) is 16.0. The van der Waals surface area contributed by atoms with Crippen LogP contribution in [0.1, 0.15) is 5.56 Å². The Morgan fingerprint density at radius 1 is 1.14 bits per heavy atom. The minimum absolute atomic E-state index is 0.698. The van der Waals surface area contributed by atoms with Crippen molar-refractivity contribution in [3.05, 3.63) is 60.2 Å². The molecule has 0 aromatic heterocycles. The van der Waals surface area contributed by atoms with Crippen LogP contribution in [0, 0.1) is 6.92 Å². The summed E-state index contributed by atoms with van der Waals surface area (Å²) < 4.78 is 0. The summed E-state index contributed by atoms with van der Waals surface area (Å²) in [5.74, 6) is 1.00. The van der Waals surface area contributed by atoms with Crippen molar-refractivity contribution in [1.82, 2.24) is 4.90 Å². The zero-order valence-electron chi connectivity index (χ0n) is 12.3. The molecule has 0 radical (unpaired) electrons.